The number of methoxy groups -OCH3 is 1. The van der Waals surface area contributed by atoms with Crippen LogP contribution in [0.4, 0.5) is 23.7 Å². The second-order valence-electron chi connectivity index (χ2n) is 3.75. The van der Waals surface area contributed by atoms with Crippen LogP contribution in [0.3, 0.4) is 0 Å². The average Bonchev–Trinajstić information content (AvgIpc) is 2.69. The van der Waals surface area contributed by atoms with Crippen molar-refractivity contribution in [3.8, 4) is 5.75 Å². The number of esters is 1. The van der Waals surface area contributed by atoms with E-state index in [2.05, 4.69) is 14.2 Å². The highest BCUT2D eigenvalue weighted by Gasteiger charge is 2.34. The first-order chi connectivity index (χ1) is 9.30. The van der Waals surface area contributed by atoms with Gasteiger partial charge in [-0.3, -0.25) is 5.32 Å². The van der Waals surface area contributed by atoms with E-state index in [0.29, 0.717) is 0 Å². The third-order valence-corrected chi connectivity index (χ3v) is 2.43. The fraction of sp³-hybridized carbons (Fsp3) is 0.273. The number of cyclic esters (lactones) is 1. The Hall–Kier alpha value is -2.45. The van der Waals surface area contributed by atoms with Crippen LogP contribution in [-0.2, 0) is 16.1 Å². The lowest BCUT2D eigenvalue weighted by Gasteiger charge is -2.14. The molecule has 1 heterocycles. The van der Waals surface area contributed by atoms with Crippen molar-refractivity contribution in [3.63, 3.8) is 0 Å². The van der Waals surface area contributed by atoms with Gasteiger partial charge in [0.1, 0.15) is 6.61 Å². The van der Waals surface area contributed by atoms with E-state index >= 15 is 0 Å². The number of benzene rings is 1. The molecule has 108 valence electrons. The van der Waals surface area contributed by atoms with Gasteiger partial charge in [0.05, 0.1) is 18.4 Å². The van der Waals surface area contributed by atoms with E-state index in [4.69, 9.17) is 0 Å². The molecule has 2 rings (SSSR count). The maximum Gasteiger partial charge on any atom is 0.573 e. The fourth-order valence-electron chi connectivity index (χ4n) is 1.62. The average molecular weight is 291 g/mol. The van der Waals surface area contributed by atoms with Gasteiger partial charge in [-0.05, 0) is 12.1 Å². The summed E-state index contributed by atoms with van der Waals surface area (Å²) in [6, 6.07) is 2.03. The van der Waals surface area contributed by atoms with Gasteiger partial charge in [0.2, 0.25) is 0 Å². The van der Waals surface area contributed by atoms with Crippen molar-refractivity contribution in [1.29, 1.82) is 0 Å². The molecule has 0 saturated heterocycles. The highest BCUT2D eigenvalue weighted by Crippen LogP contribution is 2.35. The zero-order chi connectivity index (χ0) is 14.9. The first-order valence-electron chi connectivity index (χ1n) is 5.25. The Morgan fingerprint density at radius 2 is 2.10 bits per heavy atom. The predicted molar refractivity (Wildman–Crippen MR) is 58.3 cm³/mol. The van der Waals surface area contributed by atoms with Crippen molar-refractivity contribution >= 4 is 17.7 Å². The number of alkyl halides is 3. The van der Waals surface area contributed by atoms with E-state index in [1.54, 1.807) is 0 Å². The molecule has 20 heavy (non-hydrogen) atoms. The number of hydrogen-bond acceptors (Lipinski definition) is 5. The molecular formula is C11H8F3NO5. The van der Waals surface area contributed by atoms with E-state index < -0.39 is 24.2 Å². The summed E-state index contributed by atoms with van der Waals surface area (Å²) in [6.45, 7) is -0.152. The smallest absolute Gasteiger partial charge is 0.457 e. The molecule has 0 atom stereocenters. The van der Waals surface area contributed by atoms with Crippen LogP contribution in [0.2, 0.25) is 0 Å². The van der Waals surface area contributed by atoms with E-state index in [-0.39, 0.29) is 23.4 Å². The standard InChI is InChI=1S/C11H8F3NO5/c1-18-10(17)15-7-3-6-5(4-19-9(6)16)2-8(7)20-11(12,13)14/h2-3H,4H2,1H3,(H,15,17). The molecule has 1 aliphatic heterocycles. The van der Waals surface area contributed by atoms with Crippen molar-refractivity contribution < 1.29 is 37.0 Å². The zero-order valence-electron chi connectivity index (χ0n) is 10.0. The van der Waals surface area contributed by atoms with Crippen LogP contribution >= 0.6 is 0 Å². The lowest BCUT2D eigenvalue weighted by Crippen LogP contribution is -2.20. The Bertz CT molecular complexity index is 570. The summed E-state index contributed by atoms with van der Waals surface area (Å²) in [4.78, 5) is 22.4. The zero-order valence-corrected chi connectivity index (χ0v) is 10.0. The predicted octanol–water partition coefficient (Wildman–Crippen LogP) is 2.43. The van der Waals surface area contributed by atoms with E-state index in [1.807, 2.05) is 5.32 Å². The second kappa shape index (κ2) is 4.91. The largest absolute Gasteiger partial charge is 0.573 e. The van der Waals surface area contributed by atoms with Crippen LogP contribution in [0.25, 0.3) is 0 Å². The number of ether oxygens (including phenoxy) is 3. The summed E-state index contributed by atoms with van der Waals surface area (Å²) < 4.78 is 49.7. The quantitative estimate of drug-likeness (QED) is 0.847. The number of nitrogens with one attached hydrogen (secondary N) is 1. The molecule has 6 nitrogen and oxygen atoms in total. The van der Waals surface area contributed by atoms with Crippen molar-refractivity contribution in [1.82, 2.24) is 0 Å². The number of carbonyl (C=O) groups is 2. The van der Waals surface area contributed by atoms with Gasteiger partial charge < -0.3 is 14.2 Å². The van der Waals surface area contributed by atoms with Gasteiger partial charge >= 0.3 is 18.4 Å². The van der Waals surface area contributed by atoms with Gasteiger partial charge in [-0.2, -0.15) is 0 Å². The normalized spacial score (nSPS) is 13.5. The molecule has 1 aliphatic rings. The van der Waals surface area contributed by atoms with Gasteiger partial charge in [0.15, 0.2) is 5.75 Å². The molecule has 1 aromatic carbocycles. The van der Waals surface area contributed by atoms with E-state index in [0.717, 1.165) is 19.2 Å². The summed E-state index contributed by atoms with van der Waals surface area (Å²) in [5, 5.41) is 2.04. The molecule has 0 spiro atoms. The molecule has 1 amide bonds. The van der Waals surface area contributed by atoms with Crippen LogP contribution in [0, 0.1) is 0 Å². The van der Waals surface area contributed by atoms with Gasteiger partial charge in [-0.15, -0.1) is 13.2 Å². The summed E-state index contributed by atoms with van der Waals surface area (Å²) in [5.74, 6) is -1.34. The minimum Gasteiger partial charge on any atom is -0.457 e. The molecule has 0 aromatic heterocycles. The van der Waals surface area contributed by atoms with Crippen molar-refractivity contribution in [2.45, 2.75) is 13.0 Å². The Labute approximate surface area is 110 Å². The highest BCUT2D eigenvalue weighted by molar-refractivity contribution is 5.97. The van der Waals surface area contributed by atoms with E-state index in [1.165, 1.54) is 0 Å². The SMILES string of the molecule is COC(=O)Nc1cc2c(cc1OC(F)(F)F)COC2=O. The third-order valence-electron chi connectivity index (χ3n) is 2.43. The van der Waals surface area contributed by atoms with Crippen LogP contribution in [0.5, 0.6) is 5.75 Å². The van der Waals surface area contributed by atoms with Crippen molar-refractivity contribution in [2.75, 3.05) is 12.4 Å². The lowest BCUT2D eigenvalue weighted by molar-refractivity contribution is -0.274. The number of carbonyl (C=O) groups excluding carboxylic acids is 2. The molecule has 1 N–H and O–H groups in total. The van der Waals surface area contributed by atoms with E-state index in [9.17, 15) is 22.8 Å². The summed E-state index contributed by atoms with van der Waals surface area (Å²) in [6.07, 6.45) is -5.94. The topological polar surface area (TPSA) is 73.9 Å². The molecule has 0 aliphatic carbocycles. The van der Waals surface area contributed by atoms with Gasteiger partial charge in [0.25, 0.3) is 0 Å². The Kier molecular flexibility index (Phi) is 3.43. The summed E-state index contributed by atoms with van der Waals surface area (Å²) in [7, 11) is 1.04. The van der Waals surface area contributed by atoms with Crippen LogP contribution in [0.1, 0.15) is 15.9 Å². The third kappa shape index (κ3) is 2.92. The fourth-order valence-corrected chi connectivity index (χ4v) is 1.62. The number of fused-ring (bicyclic) bond motifs is 1. The maximum atomic E-state index is 12.3. The van der Waals surface area contributed by atoms with Crippen LogP contribution in [0.15, 0.2) is 12.1 Å². The van der Waals surface area contributed by atoms with Crippen molar-refractivity contribution in [3.05, 3.63) is 23.3 Å². The molecule has 0 bridgehead atoms. The summed E-state index contributed by atoms with van der Waals surface area (Å²) in [5.41, 5.74) is -0.0395. The van der Waals surface area contributed by atoms with Gasteiger partial charge in [0, 0.05) is 5.56 Å². The van der Waals surface area contributed by atoms with Gasteiger partial charge in [-0.1, -0.05) is 0 Å². The van der Waals surface area contributed by atoms with Gasteiger partial charge in [-0.25, -0.2) is 9.59 Å². The molecule has 0 unspecified atom stereocenters. The number of anilines is 1. The maximum absolute atomic E-state index is 12.3. The Balaban J connectivity index is 2.42. The van der Waals surface area contributed by atoms with Crippen LogP contribution in [-0.4, -0.2) is 25.5 Å². The number of halogens is 3. The molecule has 1 aromatic rings. The molecule has 0 radical (unpaired) electrons. The lowest BCUT2D eigenvalue weighted by atomic mass is 10.1. The van der Waals surface area contributed by atoms with Crippen molar-refractivity contribution in [2.24, 2.45) is 0 Å². The number of amides is 1. The van der Waals surface area contributed by atoms with Crippen LogP contribution < -0.4 is 10.1 Å². The second-order valence-corrected chi connectivity index (χ2v) is 3.75. The summed E-state index contributed by atoms with van der Waals surface area (Å²) >= 11 is 0. The first kappa shape index (κ1) is 14.0. The monoisotopic (exact) mass is 291 g/mol. The molecule has 0 saturated carbocycles. The molecule has 9 heteroatoms. The Morgan fingerprint density at radius 3 is 2.70 bits per heavy atom. The Morgan fingerprint density at radius 1 is 1.40 bits per heavy atom. The minimum absolute atomic E-state index is 0.0610. The minimum atomic E-state index is -4.94. The molecule has 0 fully saturated rings. The molecular weight excluding hydrogens is 283 g/mol. The highest BCUT2D eigenvalue weighted by atomic mass is 19.4. The number of rotatable bonds is 2. The number of hydrogen-bond donors (Lipinski definition) is 1. The first-order valence-corrected chi connectivity index (χ1v) is 5.25.